The number of ether oxygens (including phenoxy) is 1. The van der Waals surface area contributed by atoms with Crippen molar-refractivity contribution in [1.82, 2.24) is 15.1 Å². The maximum absolute atomic E-state index is 5.74. The van der Waals surface area contributed by atoms with Gasteiger partial charge in [0.25, 0.3) is 0 Å². The SMILES string of the molecule is CNCCCCN1CCN(CCCCCCCOc2ccccc2)CC1. The Morgan fingerprint density at radius 2 is 1.35 bits per heavy atom. The van der Waals surface area contributed by atoms with Gasteiger partial charge in [0, 0.05) is 26.2 Å². The lowest BCUT2D eigenvalue weighted by Crippen LogP contribution is -2.46. The second kappa shape index (κ2) is 14.0. The lowest BCUT2D eigenvalue weighted by Gasteiger charge is -2.34. The van der Waals surface area contributed by atoms with Gasteiger partial charge in [-0.15, -0.1) is 0 Å². The first-order valence-electron chi connectivity index (χ1n) is 10.7. The first-order chi connectivity index (χ1) is 12.9. The van der Waals surface area contributed by atoms with Gasteiger partial charge in [0.2, 0.25) is 0 Å². The molecule has 1 aromatic carbocycles. The standard InChI is InChI=1S/C22H39N3O/c1-23-14-8-10-16-25-19-17-24(18-20-25)15-9-3-2-4-11-21-26-22-12-6-5-7-13-22/h5-7,12-13,23H,2-4,8-11,14-21H2,1H3. The molecule has 1 aliphatic heterocycles. The van der Waals surface area contributed by atoms with E-state index in [1.54, 1.807) is 0 Å². The van der Waals surface area contributed by atoms with Gasteiger partial charge in [-0.1, -0.05) is 37.5 Å². The molecule has 1 aromatic rings. The van der Waals surface area contributed by atoms with E-state index in [1.807, 2.05) is 37.4 Å². The van der Waals surface area contributed by atoms with E-state index in [9.17, 15) is 0 Å². The molecule has 0 spiro atoms. The molecule has 148 valence electrons. The van der Waals surface area contributed by atoms with Gasteiger partial charge in [-0.05, 0) is 64.5 Å². The molecule has 0 amide bonds. The summed E-state index contributed by atoms with van der Waals surface area (Å²) >= 11 is 0. The number of unbranched alkanes of at least 4 members (excludes halogenated alkanes) is 5. The predicted octanol–water partition coefficient (Wildman–Crippen LogP) is 3.63. The van der Waals surface area contributed by atoms with E-state index in [-0.39, 0.29) is 0 Å². The number of para-hydroxylation sites is 1. The fourth-order valence-corrected chi connectivity index (χ4v) is 3.55. The lowest BCUT2D eigenvalue weighted by atomic mass is 10.1. The van der Waals surface area contributed by atoms with Crippen molar-refractivity contribution < 1.29 is 4.74 Å². The van der Waals surface area contributed by atoms with Gasteiger partial charge >= 0.3 is 0 Å². The van der Waals surface area contributed by atoms with Gasteiger partial charge in [-0.2, -0.15) is 0 Å². The van der Waals surface area contributed by atoms with E-state index in [0.29, 0.717) is 0 Å². The van der Waals surface area contributed by atoms with Crippen molar-refractivity contribution in [2.45, 2.75) is 44.9 Å². The molecule has 4 nitrogen and oxygen atoms in total. The summed E-state index contributed by atoms with van der Waals surface area (Å²) in [7, 11) is 2.04. The Morgan fingerprint density at radius 3 is 2.00 bits per heavy atom. The Balaban J connectivity index is 1.37. The van der Waals surface area contributed by atoms with Crippen molar-refractivity contribution in [3.8, 4) is 5.75 Å². The number of rotatable bonds is 14. The molecule has 0 radical (unpaired) electrons. The number of hydrogen-bond acceptors (Lipinski definition) is 4. The van der Waals surface area contributed by atoms with Gasteiger partial charge < -0.3 is 19.9 Å². The van der Waals surface area contributed by atoms with E-state index >= 15 is 0 Å². The number of piperazine rings is 1. The predicted molar refractivity (Wildman–Crippen MR) is 111 cm³/mol. The monoisotopic (exact) mass is 361 g/mol. The van der Waals surface area contributed by atoms with Crippen molar-refractivity contribution in [2.24, 2.45) is 0 Å². The Kier molecular flexibility index (Phi) is 11.4. The van der Waals surface area contributed by atoms with Gasteiger partial charge in [-0.3, -0.25) is 0 Å². The molecule has 0 unspecified atom stereocenters. The van der Waals surface area contributed by atoms with Crippen LogP contribution in [0.5, 0.6) is 5.75 Å². The van der Waals surface area contributed by atoms with Crippen LogP contribution in [0.3, 0.4) is 0 Å². The molecule has 0 saturated carbocycles. The van der Waals surface area contributed by atoms with E-state index < -0.39 is 0 Å². The average molecular weight is 362 g/mol. The highest BCUT2D eigenvalue weighted by atomic mass is 16.5. The van der Waals surface area contributed by atoms with Crippen molar-refractivity contribution in [3.63, 3.8) is 0 Å². The maximum Gasteiger partial charge on any atom is 0.119 e. The summed E-state index contributed by atoms with van der Waals surface area (Å²) in [5.74, 6) is 0.994. The summed E-state index contributed by atoms with van der Waals surface area (Å²) in [5.41, 5.74) is 0. The zero-order valence-electron chi connectivity index (χ0n) is 16.8. The second-order valence-electron chi connectivity index (χ2n) is 7.42. The highest BCUT2D eigenvalue weighted by molar-refractivity contribution is 5.20. The molecule has 1 N–H and O–H groups in total. The van der Waals surface area contributed by atoms with Crippen molar-refractivity contribution in [2.75, 3.05) is 59.5 Å². The normalized spacial score (nSPS) is 16.0. The van der Waals surface area contributed by atoms with Crippen LogP contribution in [0.25, 0.3) is 0 Å². The highest BCUT2D eigenvalue weighted by Crippen LogP contribution is 2.11. The first kappa shape index (κ1) is 21.2. The molecule has 2 rings (SSSR count). The first-order valence-corrected chi connectivity index (χ1v) is 10.7. The van der Waals surface area contributed by atoms with E-state index in [0.717, 1.165) is 18.9 Å². The smallest absolute Gasteiger partial charge is 0.119 e. The minimum absolute atomic E-state index is 0.848. The van der Waals surface area contributed by atoms with E-state index in [1.165, 1.54) is 84.2 Å². The molecule has 4 heteroatoms. The average Bonchev–Trinajstić information content (AvgIpc) is 2.69. The molecule has 1 saturated heterocycles. The number of benzene rings is 1. The molecule has 0 bridgehead atoms. The third kappa shape index (κ3) is 9.56. The summed E-state index contributed by atoms with van der Waals surface area (Å²) < 4.78 is 5.74. The zero-order valence-corrected chi connectivity index (χ0v) is 16.8. The number of hydrogen-bond donors (Lipinski definition) is 1. The van der Waals surface area contributed by atoms with Crippen LogP contribution in [0.15, 0.2) is 30.3 Å². The van der Waals surface area contributed by atoms with Crippen LogP contribution in [0, 0.1) is 0 Å². The summed E-state index contributed by atoms with van der Waals surface area (Å²) in [5, 5.41) is 3.23. The third-order valence-corrected chi connectivity index (χ3v) is 5.25. The minimum Gasteiger partial charge on any atom is -0.494 e. The summed E-state index contributed by atoms with van der Waals surface area (Å²) in [4.78, 5) is 5.29. The Morgan fingerprint density at radius 1 is 0.769 bits per heavy atom. The quantitative estimate of drug-likeness (QED) is 0.512. The maximum atomic E-state index is 5.74. The van der Waals surface area contributed by atoms with Crippen molar-refractivity contribution in [3.05, 3.63) is 30.3 Å². The third-order valence-electron chi connectivity index (χ3n) is 5.25. The summed E-state index contributed by atoms with van der Waals surface area (Å²) in [6.07, 6.45) is 9.12. The van der Waals surface area contributed by atoms with Crippen LogP contribution in [-0.4, -0.2) is 69.3 Å². The van der Waals surface area contributed by atoms with Gasteiger partial charge in [-0.25, -0.2) is 0 Å². The van der Waals surface area contributed by atoms with Crippen LogP contribution < -0.4 is 10.1 Å². The molecule has 1 fully saturated rings. The lowest BCUT2D eigenvalue weighted by molar-refractivity contribution is 0.129. The topological polar surface area (TPSA) is 27.7 Å². The van der Waals surface area contributed by atoms with Crippen molar-refractivity contribution in [1.29, 1.82) is 0 Å². The van der Waals surface area contributed by atoms with Crippen LogP contribution in [0.2, 0.25) is 0 Å². The Hall–Kier alpha value is -1.10. The van der Waals surface area contributed by atoms with Crippen LogP contribution >= 0.6 is 0 Å². The fourth-order valence-electron chi connectivity index (χ4n) is 3.55. The summed E-state index contributed by atoms with van der Waals surface area (Å²) in [6, 6.07) is 10.1. The number of nitrogens with one attached hydrogen (secondary N) is 1. The fraction of sp³-hybridized carbons (Fsp3) is 0.727. The molecule has 1 heterocycles. The van der Waals surface area contributed by atoms with Gasteiger partial charge in [0.05, 0.1) is 6.61 Å². The second-order valence-corrected chi connectivity index (χ2v) is 7.42. The molecule has 0 aliphatic carbocycles. The molecular weight excluding hydrogens is 322 g/mol. The summed E-state index contributed by atoms with van der Waals surface area (Å²) in [6.45, 7) is 9.61. The Labute approximate surface area is 160 Å². The molecule has 0 aromatic heterocycles. The molecule has 26 heavy (non-hydrogen) atoms. The largest absolute Gasteiger partial charge is 0.494 e. The van der Waals surface area contributed by atoms with Crippen LogP contribution in [0.1, 0.15) is 44.9 Å². The molecule has 1 aliphatic rings. The van der Waals surface area contributed by atoms with E-state index in [4.69, 9.17) is 4.74 Å². The highest BCUT2D eigenvalue weighted by Gasteiger charge is 2.15. The van der Waals surface area contributed by atoms with E-state index in [2.05, 4.69) is 15.1 Å². The zero-order chi connectivity index (χ0) is 18.3. The van der Waals surface area contributed by atoms with Crippen molar-refractivity contribution >= 4 is 0 Å². The molecule has 0 atom stereocenters. The number of nitrogens with zero attached hydrogens (tertiary/aromatic N) is 2. The van der Waals surface area contributed by atoms with Gasteiger partial charge in [0.15, 0.2) is 0 Å². The minimum atomic E-state index is 0.848. The van der Waals surface area contributed by atoms with Crippen LogP contribution in [0.4, 0.5) is 0 Å². The van der Waals surface area contributed by atoms with Crippen LogP contribution in [-0.2, 0) is 0 Å². The molecular formula is C22H39N3O. The Bertz CT molecular complexity index is 432. The van der Waals surface area contributed by atoms with Gasteiger partial charge in [0.1, 0.15) is 5.75 Å².